The summed E-state index contributed by atoms with van der Waals surface area (Å²) in [6.07, 6.45) is 3.54. The van der Waals surface area contributed by atoms with Crippen LogP contribution in [0.15, 0.2) is 35.6 Å². The Labute approximate surface area is 109 Å². The van der Waals surface area contributed by atoms with E-state index in [0.717, 1.165) is 35.0 Å². The fourth-order valence-electron chi connectivity index (χ4n) is 1.54. The van der Waals surface area contributed by atoms with Gasteiger partial charge >= 0.3 is 0 Å². The van der Waals surface area contributed by atoms with Crippen molar-refractivity contribution in [2.24, 2.45) is 0 Å². The normalized spacial score (nSPS) is 10.8. The monoisotopic (exact) mass is 266 g/mol. The zero-order valence-electron chi connectivity index (χ0n) is 9.90. The smallest absolute Gasteiger partial charge is 0.165 e. The number of imidazole rings is 1. The van der Waals surface area contributed by atoms with Gasteiger partial charge in [-0.15, -0.1) is 0 Å². The first-order chi connectivity index (χ1) is 8.79. The second-order valence-electron chi connectivity index (χ2n) is 3.89. The number of aliphatic hydroxyl groups is 1. The maximum atomic E-state index is 12.8. The van der Waals surface area contributed by atoms with Crippen molar-refractivity contribution >= 4 is 11.8 Å². The van der Waals surface area contributed by atoms with Crippen LogP contribution in [0.4, 0.5) is 4.39 Å². The summed E-state index contributed by atoms with van der Waals surface area (Å²) < 4.78 is 12.8. The molecule has 0 radical (unpaired) electrons. The minimum Gasteiger partial charge on any atom is -0.396 e. The molecule has 2 N–H and O–H groups in total. The second-order valence-corrected chi connectivity index (χ2v) is 4.97. The highest BCUT2D eigenvalue weighted by atomic mass is 32.2. The molecule has 2 aromatic rings. The summed E-state index contributed by atoms with van der Waals surface area (Å²) in [5, 5.41) is 9.53. The lowest BCUT2D eigenvalue weighted by molar-refractivity contribution is 0.287. The molecule has 0 aliphatic rings. The van der Waals surface area contributed by atoms with Crippen LogP contribution in [0.5, 0.6) is 0 Å². The molecule has 0 saturated heterocycles. The molecule has 1 heterocycles. The van der Waals surface area contributed by atoms with Crippen LogP contribution in [0.25, 0.3) is 11.3 Å². The maximum absolute atomic E-state index is 12.8. The highest BCUT2D eigenvalue weighted by Crippen LogP contribution is 2.22. The molecule has 0 spiro atoms. The van der Waals surface area contributed by atoms with Crippen molar-refractivity contribution < 1.29 is 9.50 Å². The van der Waals surface area contributed by atoms with E-state index in [4.69, 9.17) is 5.11 Å². The molecule has 96 valence electrons. The van der Waals surface area contributed by atoms with E-state index in [1.807, 2.05) is 0 Å². The van der Waals surface area contributed by atoms with Gasteiger partial charge in [0.05, 0.1) is 11.9 Å². The summed E-state index contributed by atoms with van der Waals surface area (Å²) in [6, 6.07) is 6.32. The van der Waals surface area contributed by atoms with E-state index in [9.17, 15) is 4.39 Å². The van der Waals surface area contributed by atoms with Gasteiger partial charge < -0.3 is 10.1 Å². The number of aromatic amines is 1. The molecule has 0 atom stereocenters. The Morgan fingerprint density at radius 1 is 1.22 bits per heavy atom. The molecule has 18 heavy (non-hydrogen) atoms. The number of hydrogen-bond acceptors (Lipinski definition) is 3. The van der Waals surface area contributed by atoms with Crippen LogP contribution in [0, 0.1) is 5.82 Å². The molecule has 0 aliphatic heterocycles. The summed E-state index contributed by atoms with van der Waals surface area (Å²) in [5.74, 6) is 0.688. The first-order valence-corrected chi connectivity index (χ1v) is 6.83. The molecule has 0 saturated carbocycles. The largest absolute Gasteiger partial charge is 0.396 e. The van der Waals surface area contributed by atoms with Crippen LogP contribution in [-0.2, 0) is 0 Å². The Morgan fingerprint density at radius 2 is 2.00 bits per heavy atom. The molecular weight excluding hydrogens is 251 g/mol. The fourth-order valence-corrected chi connectivity index (χ4v) is 2.39. The minimum absolute atomic E-state index is 0.236. The first-order valence-electron chi connectivity index (χ1n) is 5.84. The van der Waals surface area contributed by atoms with Crippen LogP contribution in [0.2, 0.25) is 0 Å². The summed E-state index contributed by atoms with van der Waals surface area (Å²) in [7, 11) is 0. The number of aromatic nitrogens is 2. The number of benzene rings is 1. The third-order valence-corrected chi connectivity index (χ3v) is 3.47. The van der Waals surface area contributed by atoms with E-state index in [-0.39, 0.29) is 12.4 Å². The van der Waals surface area contributed by atoms with Crippen molar-refractivity contribution in [1.29, 1.82) is 0 Å². The number of H-pyrrole nitrogens is 1. The van der Waals surface area contributed by atoms with Crippen molar-refractivity contribution in [2.75, 3.05) is 12.4 Å². The van der Waals surface area contributed by atoms with Gasteiger partial charge in [-0.2, -0.15) is 0 Å². The van der Waals surface area contributed by atoms with Crippen LogP contribution < -0.4 is 0 Å². The van der Waals surface area contributed by atoms with Gasteiger partial charge in [-0.25, -0.2) is 9.37 Å². The second kappa shape index (κ2) is 6.56. The third kappa shape index (κ3) is 3.58. The molecule has 0 bridgehead atoms. The standard InChI is InChI=1S/C13H15FN2OS/c14-11-5-3-10(4-6-11)12-9-15-13(16-12)18-8-2-1-7-17/h3-6,9,17H,1-2,7-8H2,(H,15,16). The lowest BCUT2D eigenvalue weighted by atomic mass is 10.2. The van der Waals surface area contributed by atoms with Crippen LogP contribution >= 0.6 is 11.8 Å². The number of nitrogens with one attached hydrogen (secondary N) is 1. The number of aliphatic hydroxyl groups excluding tert-OH is 1. The summed E-state index contributed by atoms with van der Waals surface area (Å²) in [4.78, 5) is 7.46. The van der Waals surface area contributed by atoms with Gasteiger partial charge in [-0.1, -0.05) is 11.8 Å². The zero-order chi connectivity index (χ0) is 12.8. The number of unbranched alkanes of at least 4 members (excludes halogenated alkanes) is 1. The molecule has 3 nitrogen and oxygen atoms in total. The average Bonchev–Trinajstić information content (AvgIpc) is 2.84. The molecule has 0 aliphatic carbocycles. The van der Waals surface area contributed by atoms with Crippen molar-refractivity contribution in [3.63, 3.8) is 0 Å². The Kier molecular flexibility index (Phi) is 4.78. The van der Waals surface area contributed by atoms with Crippen LogP contribution in [0.3, 0.4) is 0 Å². The molecular formula is C13H15FN2OS. The Balaban J connectivity index is 1.95. The number of rotatable bonds is 6. The molecule has 1 aromatic heterocycles. The Hall–Kier alpha value is -1.33. The average molecular weight is 266 g/mol. The SMILES string of the molecule is OCCCCSc1ncc(-c2ccc(F)cc2)[nH]1. The Morgan fingerprint density at radius 3 is 2.72 bits per heavy atom. The maximum Gasteiger partial charge on any atom is 0.165 e. The van der Waals surface area contributed by atoms with Gasteiger partial charge in [0, 0.05) is 12.4 Å². The first kappa shape index (κ1) is 13.1. The van der Waals surface area contributed by atoms with E-state index in [1.54, 1.807) is 30.1 Å². The zero-order valence-corrected chi connectivity index (χ0v) is 10.7. The van der Waals surface area contributed by atoms with Gasteiger partial charge in [0.2, 0.25) is 0 Å². The van der Waals surface area contributed by atoms with Gasteiger partial charge in [0.25, 0.3) is 0 Å². The molecule has 5 heteroatoms. The number of thioether (sulfide) groups is 1. The van der Waals surface area contributed by atoms with Gasteiger partial charge in [0.1, 0.15) is 5.82 Å². The van der Waals surface area contributed by atoms with Crippen molar-refractivity contribution in [3.05, 3.63) is 36.3 Å². The van der Waals surface area contributed by atoms with E-state index in [1.165, 1.54) is 12.1 Å². The van der Waals surface area contributed by atoms with E-state index in [2.05, 4.69) is 9.97 Å². The summed E-state index contributed by atoms with van der Waals surface area (Å²) >= 11 is 1.63. The van der Waals surface area contributed by atoms with Gasteiger partial charge in [-0.3, -0.25) is 0 Å². The van der Waals surface area contributed by atoms with Crippen LogP contribution in [-0.4, -0.2) is 27.4 Å². The van der Waals surface area contributed by atoms with E-state index < -0.39 is 0 Å². The highest BCUT2D eigenvalue weighted by molar-refractivity contribution is 7.99. The number of nitrogens with zero attached hydrogens (tertiary/aromatic N) is 1. The molecule has 1 aromatic carbocycles. The van der Waals surface area contributed by atoms with Crippen LogP contribution in [0.1, 0.15) is 12.8 Å². The van der Waals surface area contributed by atoms with Crippen molar-refractivity contribution in [3.8, 4) is 11.3 Å². The quantitative estimate of drug-likeness (QED) is 0.624. The predicted molar refractivity (Wildman–Crippen MR) is 71.0 cm³/mol. The summed E-state index contributed by atoms with van der Waals surface area (Å²) in [6.45, 7) is 0.236. The molecule has 0 fully saturated rings. The third-order valence-electron chi connectivity index (χ3n) is 2.50. The van der Waals surface area contributed by atoms with Crippen molar-refractivity contribution in [1.82, 2.24) is 9.97 Å². The molecule has 2 rings (SSSR count). The van der Waals surface area contributed by atoms with E-state index >= 15 is 0 Å². The number of halogens is 1. The van der Waals surface area contributed by atoms with Crippen molar-refractivity contribution in [2.45, 2.75) is 18.0 Å². The minimum atomic E-state index is -0.239. The lowest BCUT2D eigenvalue weighted by Gasteiger charge is -1.98. The van der Waals surface area contributed by atoms with E-state index in [0.29, 0.717) is 0 Å². The Bertz CT molecular complexity index is 484. The summed E-state index contributed by atoms with van der Waals surface area (Å²) in [5.41, 5.74) is 1.81. The van der Waals surface area contributed by atoms with Gasteiger partial charge in [-0.05, 0) is 42.7 Å². The highest BCUT2D eigenvalue weighted by Gasteiger charge is 2.03. The topological polar surface area (TPSA) is 48.9 Å². The van der Waals surface area contributed by atoms with Gasteiger partial charge in [0.15, 0.2) is 5.16 Å². The molecule has 0 unspecified atom stereocenters. The fraction of sp³-hybridized carbons (Fsp3) is 0.308. The molecule has 0 amide bonds. The lowest BCUT2D eigenvalue weighted by Crippen LogP contribution is -1.86. The number of hydrogen-bond donors (Lipinski definition) is 2. The predicted octanol–water partition coefficient (Wildman–Crippen LogP) is 3.08.